The minimum absolute atomic E-state index is 0.265. The molecular formula is C12H9Br3S. The van der Waals surface area contributed by atoms with Gasteiger partial charge in [0.1, 0.15) is 0 Å². The first kappa shape index (κ1) is 12.8. The largest absolute Gasteiger partial charge is 0.132 e. The lowest BCUT2D eigenvalue weighted by Crippen LogP contribution is -1.93. The molecule has 1 aromatic carbocycles. The number of benzene rings is 1. The third-order valence-corrected chi connectivity index (χ3v) is 5.83. The van der Waals surface area contributed by atoms with Gasteiger partial charge in [0.2, 0.25) is 0 Å². The standard InChI is InChI=1S/C12H9Br3S/c1-7-2-3-8(13)6-9(7)12(15)10-4-5-11(14)16-10/h2-6,12H,1H3. The van der Waals surface area contributed by atoms with Gasteiger partial charge in [0.25, 0.3) is 0 Å². The highest BCUT2D eigenvalue weighted by Gasteiger charge is 2.14. The van der Waals surface area contributed by atoms with Crippen molar-refractivity contribution in [2.45, 2.75) is 11.8 Å². The summed E-state index contributed by atoms with van der Waals surface area (Å²) in [4.78, 5) is 1.58. The summed E-state index contributed by atoms with van der Waals surface area (Å²) in [6, 6.07) is 10.6. The van der Waals surface area contributed by atoms with E-state index in [0.717, 1.165) is 4.47 Å². The summed E-state index contributed by atoms with van der Waals surface area (Å²) in [5.74, 6) is 0. The molecule has 2 aromatic rings. The van der Waals surface area contributed by atoms with Crippen molar-refractivity contribution in [3.05, 3.63) is 54.6 Å². The number of hydrogen-bond acceptors (Lipinski definition) is 1. The van der Waals surface area contributed by atoms with Crippen molar-refractivity contribution in [2.75, 3.05) is 0 Å². The van der Waals surface area contributed by atoms with Gasteiger partial charge >= 0.3 is 0 Å². The summed E-state index contributed by atoms with van der Waals surface area (Å²) in [6.07, 6.45) is 0. The van der Waals surface area contributed by atoms with E-state index >= 15 is 0 Å². The molecule has 0 saturated heterocycles. The Balaban J connectivity index is 2.40. The van der Waals surface area contributed by atoms with Gasteiger partial charge < -0.3 is 0 Å². The van der Waals surface area contributed by atoms with Crippen LogP contribution in [0.5, 0.6) is 0 Å². The van der Waals surface area contributed by atoms with Crippen LogP contribution in [0.2, 0.25) is 0 Å². The lowest BCUT2D eigenvalue weighted by atomic mass is 10.1. The number of halogens is 3. The van der Waals surface area contributed by atoms with Crippen LogP contribution >= 0.6 is 59.1 Å². The van der Waals surface area contributed by atoms with Crippen molar-refractivity contribution < 1.29 is 0 Å². The first-order chi connectivity index (χ1) is 7.58. The molecule has 0 spiro atoms. The molecule has 0 aliphatic rings. The monoisotopic (exact) mass is 422 g/mol. The number of thiophene rings is 1. The van der Waals surface area contributed by atoms with E-state index in [0.29, 0.717) is 0 Å². The Labute approximate surface area is 124 Å². The molecule has 1 heterocycles. The van der Waals surface area contributed by atoms with Crippen LogP contribution in [0.3, 0.4) is 0 Å². The van der Waals surface area contributed by atoms with Gasteiger partial charge in [-0.25, -0.2) is 0 Å². The first-order valence-corrected chi connectivity index (χ1v) is 8.05. The van der Waals surface area contributed by atoms with Gasteiger partial charge in [-0.15, -0.1) is 11.3 Å². The minimum Gasteiger partial charge on any atom is -0.132 e. The Morgan fingerprint density at radius 2 is 1.88 bits per heavy atom. The zero-order valence-corrected chi connectivity index (χ0v) is 14.1. The highest BCUT2D eigenvalue weighted by atomic mass is 79.9. The molecule has 0 radical (unpaired) electrons. The third kappa shape index (κ3) is 2.78. The van der Waals surface area contributed by atoms with Gasteiger partial charge in [0.15, 0.2) is 0 Å². The molecule has 16 heavy (non-hydrogen) atoms. The zero-order valence-electron chi connectivity index (χ0n) is 8.51. The fourth-order valence-corrected chi connectivity index (χ4v) is 4.23. The highest BCUT2D eigenvalue weighted by molar-refractivity contribution is 9.11. The van der Waals surface area contributed by atoms with Crippen molar-refractivity contribution in [3.8, 4) is 0 Å². The fraction of sp³-hybridized carbons (Fsp3) is 0.167. The molecule has 0 bridgehead atoms. The smallest absolute Gasteiger partial charge is 0.0741 e. The second-order valence-electron chi connectivity index (χ2n) is 3.51. The predicted molar refractivity (Wildman–Crippen MR) is 81.7 cm³/mol. The summed E-state index contributed by atoms with van der Waals surface area (Å²) in [6.45, 7) is 2.14. The molecule has 0 nitrogen and oxygen atoms in total. The number of alkyl halides is 1. The van der Waals surface area contributed by atoms with Crippen LogP contribution in [0.15, 0.2) is 38.6 Å². The Morgan fingerprint density at radius 3 is 2.50 bits per heavy atom. The normalized spacial score (nSPS) is 12.8. The van der Waals surface area contributed by atoms with Crippen molar-refractivity contribution in [1.82, 2.24) is 0 Å². The minimum atomic E-state index is 0.265. The lowest BCUT2D eigenvalue weighted by Gasteiger charge is -2.11. The molecule has 2 rings (SSSR count). The van der Waals surface area contributed by atoms with E-state index in [9.17, 15) is 0 Å². The predicted octanol–water partition coefficient (Wildman–Crippen LogP) is 6.07. The molecule has 4 heteroatoms. The van der Waals surface area contributed by atoms with Crippen molar-refractivity contribution in [1.29, 1.82) is 0 Å². The Kier molecular flexibility index (Phi) is 4.27. The lowest BCUT2D eigenvalue weighted by molar-refractivity contribution is 1.17. The quantitative estimate of drug-likeness (QED) is 0.513. The Bertz CT molecular complexity index is 505. The van der Waals surface area contributed by atoms with Gasteiger partial charge in [0.05, 0.1) is 8.61 Å². The molecule has 84 valence electrons. The molecule has 0 N–H and O–H groups in total. The van der Waals surface area contributed by atoms with Gasteiger partial charge in [-0.2, -0.15) is 0 Å². The van der Waals surface area contributed by atoms with E-state index in [-0.39, 0.29) is 4.83 Å². The molecule has 1 aromatic heterocycles. The first-order valence-electron chi connectivity index (χ1n) is 4.73. The second-order valence-corrected chi connectivity index (χ2v) is 7.83. The molecule has 1 unspecified atom stereocenters. The number of hydrogen-bond donors (Lipinski definition) is 0. The van der Waals surface area contributed by atoms with E-state index in [2.05, 4.69) is 85.0 Å². The van der Waals surface area contributed by atoms with E-state index in [4.69, 9.17) is 0 Å². The number of aryl methyl sites for hydroxylation is 1. The summed E-state index contributed by atoms with van der Waals surface area (Å²) in [7, 11) is 0. The second kappa shape index (κ2) is 5.34. The van der Waals surface area contributed by atoms with Gasteiger partial charge in [-0.3, -0.25) is 0 Å². The van der Waals surface area contributed by atoms with Crippen molar-refractivity contribution in [2.24, 2.45) is 0 Å². The maximum Gasteiger partial charge on any atom is 0.0741 e. The Hall–Kier alpha value is 0.360. The maximum absolute atomic E-state index is 3.76. The van der Waals surface area contributed by atoms with E-state index in [1.807, 2.05) is 0 Å². The number of rotatable bonds is 2. The van der Waals surface area contributed by atoms with Crippen LogP contribution in [0.4, 0.5) is 0 Å². The van der Waals surface area contributed by atoms with E-state index < -0.39 is 0 Å². The van der Waals surface area contributed by atoms with E-state index in [1.165, 1.54) is 19.8 Å². The average molecular weight is 425 g/mol. The van der Waals surface area contributed by atoms with Crippen molar-refractivity contribution >= 4 is 59.1 Å². The van der Waals surface area contributed by atoms with Gasteiger partial charge in [-0.05, 0) is 58.2 Å². The molecule has 0 amide bonds. The summed E-state index contributed by atoms with van der Waals surface area (Å²) < 4.78 is 2.28. The summed E-state index contributed by atoms with van der Waals surface area (Å²) in [5, 5.41) is 0. The van der Waals surface area contributed by atoms with E-state index in [1.54, 1.807) is 11.3 Å². The molecule has 0 saturated carbocycles. The SMILES string of the molecule is Cc1ccc(Br)cc1C(Br)c1ccc(Br)s1. The molecule has 1 atom stereocenters. The maximum atomic E-state index is 3.76. The molecule has 0 fully saturated rings. The zero-order chi connectivity index (χ0) is 11.7. The molecule has 0 aliphatic heterocycles. The molecule has 0 aliphatic carbocycles. The molecular weight excluding hydrogens is 416 g/mol. The Morgan fingerprint density at radius 1 is 1.12 bits per heavy atom. The van der Waals surface area contributed by atoms with Crippen LogP contribution in [-0.4, -0.2) is 0 Å². The van der Waals surface area contributed by atoms with Gasteiger partial charge in [-0.1, -0.05) is 37.9 Å². The van der Waals surface area contributed by atoms with Crippen LogP contribution in [0.1, 0.15) is 20.8 Å². The summed E-state index contributed by atoms with van der Waals surface area (Å²) in [5.41, 5.74) is 2.61. The van der Waals surface area contributed by atoms with Crippen LogP contribution in [-0.2, 0) is 0 Å². The topological polar surface area (TPSA) is 0 Å². The van der Waals surface area contributed by atoms with Crippen molar-refractivity contribution in [3.63, 3.8) is 0 Å². The highest BCUT2D eigenvalue weighted by Crippen LogP contribution is 2.38. The van der Waals surface area contributed by atoms with Gasteiger partial charge in [0, 0.05) is 9.35 Å². The average Bonchev–Trinajstić information content (AvgIpc) is 2.67. The summed E-state index contributed by atoms with van der Waals surface area (Å²) >= 11 is 12.5. The third-order valence-electron chi connectivity index (χ3n) is 2.36. The fourth-order valence-electron chi connectivity index (χ4n) is 1.50. The van der Waals surface area contributed by atoms with Crippen LogP contribution in [0, 0.1) is 6.92 Å². The van der Waals surface area contributed by atoms with Crippen LogP contribution < -0.4 is 0 Å². The van der Waals surface area contributed by atoms with Crippen LogP contribution in [0.25, 0.3) is 0 Å².